The third kappa shape index (κ3) is 3.02. The van der Waals surface area contributed by atoms with E-state index in [0.717, 1.165) is 31.5 Å². The molecule has 18 heavy (non-hydrogen) atoms. The quantitative estimate of drug-likeness (QED) is 0.835. The van der Waals surface area contributed by atoms with Gasteiger partial charge in [-0.3, -0.25) is 4.68 Å². The maximum atomic E-state index is 6.13. The van der Waals surface area contributed by atoms with Crippen LogP contribution in [0, 0.1) is 12.3 Å². The number of rotatable bonds is 3. The SMILES string of the molecule is CCn1nc(C)cc1CC1=CC(N)CC(C)(C)C1. The molecule has 0 saturated carbocycles. The molecule has 0 aliphatic heterocycles. The second kappa shape index (κ2) is 4.88. The number of aryl methyl sites for hydroxylation is 2. The molecule has 0 saturated heterocycles. The lowest BCUT2D eigenvalue weighted by Crippen LogP contribution is -2.31. The molecule has 0 fully saturated rings. The molecule has 0 radical (unpaired) electrons. The minimum atomic E-state index is 0.211. The molecule has 0 spiro atoms. The molecule has 3 heteroatoms. The summed E-state index contributed by atoms with van der Waals surface area (Å²) in [5.41, 5.74) is 10.3. The number of hydrogen-bond donors (Lipinski definition) is 1. The standard InChI is InChI=1S/C15H25N3/c1-5-18-14(6-11(2)17-18)8-12-7-13(16)10-15(3,4)9-12/h6-7,13H,5,8-10,16H2,1-4H3. The Bertz CT molecular complexity index is 454. The normalized spacial score (nSPS) is 22.9. The Kier molecular flexibility index (Phi) is 3.62. The zero-order valence-electron chi connectivity index (χ0n) is 12.0. The summed E-state index contributed by atoms with van der Waals surface area (Å²) in [5.74, 6) is 0. The highest BCUT2D eigenvalue weighted by Gasteiger charge is 2.27. The maximum absolute atomic E-state index is 6.13. The number of aromatic nitrogens is 2. The van der Waals surface area contributed by atoms with Crippen LogP contribution in [-0.4, -0.2) is 15.8 Å². The number of allylic oxidation sites excluding steroid dienone is 1. The van der Waals surface area contributed by atoms with Crippen LogP contribution in [0.25, 0.3) is 0 Å². The summed E-state index contributed by atoms with van der Waals surface area (Å²) >= 11 is 0. The highest BCUT2D eigenvalue weighted by atomic mass is 15.3. The van der Waals surface area contributed by atoms with Crippen molar-refractivity contribution >= 4 is 0 Å². The molecule has 1 atom stereocenters. The van der Waals surface area contributed by atoms with Crippen LogP contribution in [0.2, 0.25) is 0 Å². The van der Waals surface area contributed by atoms with Crippen molar-refractivity contribution in [1.82, 2.24) is 9.78 Å². The summed E-state index contributed by atoms with van der Waals surface area (Å²) in [6.07, 6.45) is 5.48. The van der Waals surface area contributed by atoms with E-state index in [9.17, 15) is 0 Å². The first-order valence-electron chi connectivity index (χ1n) is 6.88. The van der Waals surface area contributed by atoms with E-state index in [1.165, 1.54) is 11.3 Å². The zero-order valence-corrected chi connectivity index (χ0v) is 12.0. The summed E-state index contributed by atoms with van der Waals surface area (Å²) in [6, 6.07) is 2.40. The van der Waals surface area contributed by atoms with Crippen LogP contribution in [0.3, 0.4) is 0 Å². The predicted molar refractivity (Wildman–Crippen MR) is 75.4 cm³/mol. The van der Waals surface area contributed by atoms with Gasteiger partial charge in [-0.15, -0.1) is 0 Å². The monoisotopic (exact) mass is 247 g/mol. The van der Waals surface area contributed by atoms with Gasteiger partial charge >= 0.3 is 0 Å². The average Bonchev–Trinajstić information content (AvgIpc) is 2.55. The van der Waals surface area contributed by atoms with Gasteiger partial charge in [-0.25, -0.2) is 0 Å². The van der Waals surface area contributed by atoms with E-state index in [4.69, 9.17) is 5.73 Å². The predicted octanol–water partition coefficient (Wildman–Crippen LogP) is 2.83. The van der Waals surface area contributed by atoms with Crippen LogP contribution >= 0.6 is 0 Å². The third-order valence-corrected chi connectivity index (χ3v) is 3.64. The summed E-state index contributed by atoms with van der Waals surface area (Å²) in [6.45, 7) is 9.75. The van der Waals surface area contributed by atoms with Gasteiger partial charge in [-0.1, -0.05) is 25.5 Å². The Morgan fingerprint density at radius 1 is 1.50 bits per heavy atom. The van der Waals surface area contributed by atoms with Crippen LogP contribution in [0.1, 0.15) is 45.0 Å². The maximum Gasteiger partial charge on any atom is 0.0596 e. The fraction of sp³-hybridized carbons (Fsp3) is 0.667. The molecule has 1 heterocycles. The molecule has 1 unspecified atom stereocenters. The van der Waals surface area contributed by atoms with E-state index >= 15 is 0 Å². The molecule has 1 aromatic heterocycles. The van der Waals surface area contributed by atoms with Gasteiger partial charge in [0.05, 0.1) is 5.69 Å². The largest absolute Gasteiger partial charge is 0.324 e. The van der Waals surface area contributed by atoms with E-state index in [1.807, 2.05) is 0 Å². The van der Waals surface area contributed by atoms with Crippen molar-refractivity contribution in [3.8, 4) is 0 Å². The minimum absolute atomic E-state index is 0.211. The van der Waals surface area contributed by atoms with Gasteiger partial charge in [0.15, 0.2) is 0 Å². The lowest BCUT2D eigenvalue weighted by atomic mass is 9.74. The van der Waals surface area contributed by atoms with Gasteiger partial charge in [0.1, 0.15) is 0 Å². The molecular weight excluding hydrogens is 222 g/mol. The first-order valence-corrected chi connectivity index (χ1v) is 6.88. The van der Waals surface area contributed by atoms with E-state index in [0.29, 0.717) is 5.41 Å². The Labute approximate surface area is 110 Å². The Morgan fingerprint density at radius 3 is 2.83 bits per heavy atom. The number of nitrogens with two attached hydrogens (primary N) is 1. The van der Waals surface area contributed by atoms with Crippen LogP contribution < -0.4 is 5.73 Å². The Hall–Kier alpha value is -1.09. The zero-order chi connectivity index (χ0) is 13.3. The van der Waals surface area contributed by atoms with Crippen LogP contribution in [-0.2, 0) is 13.0 Å². The van der Waals surface area contributed by atoms with Crippen molar-refractivity contribution in [2.24, 2.45) is 11.1 Å². The van der Waals surface area contributed by atoms with Crippen molar-refractivity contribution in [2.75, 3.05) is 0 Å². The fourth-order valence-corrected chi connectivity index (χ4v) is 3.11. The van der Waals surface area contributed by atoms with E-state index in [1.54, 1.807) is 0 Å². The van der Waals surface area contributed by atoms with Gasteiger partial charge < -0.3 is 5.73 Å². The molecule has 1 aliphatic carbocycles. The molecule has 3 nitrogen and oxygen atoms in total. The second-order valence-electron chi connectivity index (χ2n) is 6.30. The molecule has 0 amide bonds. The van der Waals surface area contributed by atoms with Crippen molar-refractivity contribution in [3.63, 3.8) is 0 Å². The molecule has 0 aromatic carbocycles. The van der Waals surface area contributed by atoms with Gasteiger partial charge in [-0.2, -0.15) is 5.10 Å². The minimum Gasteiger partial charge on any atom is -0.324 e. The highest BCUT2D eigenvalue weighted by molar-refractivity contribution is 5.22. The van der Waals surface area contributed by atoms with Crippen molar-refractivity contribution in [1.29, 1.82) is 0 Å². The van der Waals surface area contributed by atoms with Crippen molar-refractivity contribution in [3.05, 3.63) is 29.1 Å². The van der Waals surface area contributed by atoms with Crippen molar-refractivity contribution in [2.45, 2.75) is 59.5 Å². The fourth-order valence-electron chi connectivity index (χ4n) is 3.11. The lowest BCUT2D eigenvalue weighted by molar-refractivity contribution is 0.299. The summed E-state index contributed by atoms with van der Waals surface area (Å²) in [7, 11) is 0. The molecular formula is C15H25N3. The first kappa shape index (κ1) is 13.3. The lowest BCUT2D eigenvalue weighted by Gasteiger charge is -2.33. The molecule has 1 aliphatic rings. The van der Waals surface area contributed by atoms with Gasteiger partial charge in [-0.05, 0) is 38.2 Å². The first-order chi connectivity index (χ1) is 8.39. The van der Waals surface area contributed by atoms with E-state index in [-0.39, 0.29) is 6.04 Å². The van der Waals surface area contributed by atoms with E-state index in [2.05, 4.69) is 49.6 Å². The molecule has 2 N–H and O–H groups in total. The average molecular weight is 247 g/mol. The van der Waals surface area contributed by atoms with Gasteiger partial charge in [0.25, 0.3) is 0 Å². The molecule has 2 rings (SSSR count). The molecule has 0 bridgehead atoms. The van der Waals surface area contributed by atoms with Gasteiger partial charge in [0.2, 0.25) is 0 Å². The van der Waals surface area contributed by atoms with Crippen molar-refractivity contribution < 1.29 is 0 Å². The molecule has 1 aromatic rings. The third-order valence-electron chi connectivity index (χ3n) is 3.64. The second-order valence-corrected chi connectivity index (χ2v) is 6.30. The number of hydrogen-bond acceptors (Lipinski definition) is 2. The van der Waals surface area contributed by atoms with Crippen LogP contribution in [0.5, 0.6) is 0 Å². The van der Waals surface area contributed by atoms with Crippen LogP contribution in [0.15, 0.2) is 17.7 Å². The van der Waals surface area contributed by atoms with E-state index < -0.39 is 0 Å². The summed E-state index contributed by atoms with van der Waals surface area (Å²) in [5, 5.41) is 4.51. The summed E-state index contributed by atoms with van der Waals surface area (Å²) < 4.78 is 2.10. The number of nitrogens with zero attached hydrogens (tertiary/aromatic N) is 2. The van der Waals surface area contributed by atoms with Gasteiger partial charge in [0, 0.05) is 24.7 Å². The summed E-state index contributed by atoms with van der Waals surface area (Å²) in [4.78, 5) is 0. The smallest absolute Gasteiger partial charge is 0.0596 e. The highest BCUT2D eigenvalue weighted by Crippen LogP contribution is 2.35. The molecule has 100 valence electrons. The topological polar surface area (TPSA) is 43.8 Å². The Morgan fingerprint density at radius 2 is 2.22 bits per heavy atom. The Balaban J connectivity index is 2.18. The van der Waals surface area contributed by atoms with Crippen LogP contribution in [0.4, 0.5) is 0 Å².